The summed E-state index contributed by atoms with van der Waals surface area (Å²) in [6.07, 6.45) is 0. The van der Waals surface area contributed by atoms with Gasteiger partial charge in [0.1, 0.15) is 5.82 Å². The van der Waals surface area contributed by atoms with E-state index in [0.717, 1.165) is 43.4 Å². The van der Waals surface area contributed by atoms with E-state index >= 15 is 0 Å². The molecule has 0 spiro atoms. The Labute approximate surface area is 170 Å². The Balaban J connectivity index is 1.58. The van der Waals surface area contributed by atoms with Gasteiger partial charge in [0.05, 0.1) is 7.11 Å². The standard InChI is InChI=1S/C20H24ClN5O2/c1-23-9-11-24(12-10-23)19-17(28-2)7-8-18(22-19)26-14-13-25(20(26)27)16-5-3-15(21)4-6-16/h3-8H,9-14H2,1-2H3. The summed E-state index contributed by atoms with van der Waals surface area (Å²) < 4.78 is 5.53. The van der Waals surface area contributed by atoms with Crippen LogP contribution < -0.4 is 19.4 Å². The van der Waals surface area contributed by atoms with Gasteiger partial charge in [-0.25, -0.2) is 9.78 Å². The number of anilines is 3. The number of ether oxygens (including phenoxy) is 1. The Morgan fingerprint density at radius 1 is 0.929 bits per heavy atom. The highest BCUT2D eigenvalue weighted by Gasteiger charge is 2.32. The van der Waals surface area contributed by atoms with Crippen molar-refractivity contribution in [1.82, 2.24) is 9.88 Å². The predicted molar refractivity (Wildman–Crippen MR) is 112 cm³/mol. The first-order valence-electron chi connectivity index (χ1n) is 9.40. The van der Waals surface area contributed by atoms with Crippen molar-refractivity contribution in [1.29, 1.82) is 0 Å². The van der Waals surface area contributed by atoms with E-state index in [0.29, 0.717) is 23.9 Å². The summed E-state index contributed by atoms with van der Waals surface area (Å²) in [5, 5.41) is 0.654. The molecular weight excluding hydrogens is 378 g/mol. The first-order chi connectivity index (χ1) is 13.6. The molecule has 0 aliphatic carbocycles. The maximum absolute atomic E-state index is 13.0. The Morgan fingerprint density at radius 2 is 1.61 bits per heavy atom. The summed E-state index contributed by atoms with van der Waals surface area (Å²) in [5.41, 5.74) is 0.838. The van der Waals surface area contributed by atoms with Gasteiger partial charge in [0.2, 0.25) is 0 Å². The van der Waals surface area contributed by atoms with Crippen molar-refractivity contribution in [3.05, 3.63) is 41.4 Å². The number of rotatable bonds is 4. The second-order valence-corrected chi connectivity index (χ2v) is 7.48. The van der Waals surface area contributed by atoms with Crippen molar-refractivity contribution in [2.75, 3.05) is 68.1 Å². The number of hydrogen-bond acceptors (Lipinski definition) is 5. The zero-order valence-electron chi connectivity index (χ0n) is 16.1. The van der Waals surface area contributed by atoms with Crippen LogP contribution in [0.3, 0.4) is 0 Å². The molecule has 3 heterocycles. The second kappa shape index (κ2) is 7.85. The minimum Gasteiger partial charge on any atom is -0.493 e. The molecule has 0 N–H and O–H groups in total. The van der Waals surface area contributed by atoms with Crippen LogP contribution in [0.1, 0.15) is 0 Å². The SMILES string of the molecule is COc1ccc(N2CCN(c3ccc(Cl)cc3)C2=O)nc1N1CCN(C)CC1. The van der Waals surface area contributed by atoms with E-state index in [1.165, 1.54) is 0 Å². The van der Waals surface area contributed by atoms with Crippen molar-refractivity contribution in [3.8, 4) is 5.75 Å². The third kappa shape index (κ3) is 3.59. The van der Waals surface area contributed by atoms with Crippen LogP contribution >= 0.6 is 11.6 Å². The van der Waals surface area contributed by atoms with Crippen molar-refractivity contribution >= 4 is 35.0 Å². The Kier molecular flexibility index (Phi) is 5.28. The zero-order chi connectivity index (χ0) is 19.7. The molecule has 0 radical (unpaired) electrons. The van der Waals surface area contributed by atoms with Crippen molar-refractivity contribution < 1.29 is 9.53 Å². The molecule has 1 aromatic carbocycles. The number of urea groups is 1. The lowest BCUT2D eigenvalue weighted by molar-refractivity contribution is 0.255. The average molecular weight is 402 g/mol. The number of carbonyl (C=O) groups excluding carboxylic acids is 1. The summed E-state index contributed by atoms with van der Waals surface area (Å²) in [6, 6.07) is 11.0. The monoisotopic (exact) mass is 401 g/mol. The topological polar surface area (TPSA) is 52.2 Å². The molecule has 0 bridgehead atoms. The third-order valence-electron chi connectivity index (χ3n) is 5.27. The highest BCUT2D eigenvalue weighted by Crippen LogP contribution is 2.32. The highest BCUT2D eigenvalue weighted by atomic mass is 35.5. The van der Waals surface area contributed by atoms with Gasteiger partial charge in [-0.1, -0.05) is 11.6 Å². The molecule has 0 unspecified atom stereocenters. The molecule has 8 heteroatoms. The van der Waals surface area contributed by atoms with Crippen LogP contribution in [0.4, 0.5) is 22.1 Å². The number of halogens is 1. The first kappa shape index (κ1) is 18.8. The summed E-state index contributed by atoms with van der Waals surface area (Å²) in [7, 11) is 3.77. The summed E-state index contributed by atoms with van der Waals surface area (Å²) >= 11 is 5.96. The van der Waals surface area contributed by atoms with Gasteiger partial charge < -0.3 is 14.5 Å². The number of hydrogen-bond donors (Lipinski definition) is 0. The molecule has 148 valence electrons. The molecule has 7 nitrogen and oxygen atoms in total. The molecule has 2 aliphatic rings. The van der Waals surface area contributed by atoms with Crippen LogP contribution in [0.2, 0.25) is 5.02 Å². The van der Waals surface area contributed by atoms with E-state index in [4.69, 9.17) is 21.3 Å². The molecule has 1 aromatic heterocycles. The van der Waals surface area contributed by atoms with Crippen LogP contribution in [-0.2, 0) is 0 Å². The predicted octanol–water partition coefficient (Wildman–Crippen LogP) is 2.94. The lowest BCUT2D eigenvalue weighted by Crippen LogP contribution is -2.45. The Hall–Kier alpha value is -2.51. The molecular formula is C20H24ClN5O2. The average Bonchev–Trinajstić information content (AvgIpc) is 3.10. The van der Waals surface area contributed by atoms with E-state index in [9.17, 15) is 4.79 Å². The fraction of sp³-hybridized carbons (Fsp3) is 0.400. The maximum Gasteiger partial charge on any atom is 0.330 e. The number of pyridine rings is 1. The van der Waals surface area contributed by atoms with Gasteiger partial charge >= 0.3 is 6.03 Å². The van der Waals surface area contributed by atoms with E-state index in [1.54, 1.807) is 29.0 Å². The van der Waals surface area contributed by atoms with Gasteiger partial charge in [0.25, 0.3) is 0 Å². The summed E-state index contributed by atoms with van der Waals surface area (Å²) in [5.74, 6) is 2.18. The largest absolute Gasteiger partial charge is 0.493 e. The van der Waals surface area contributed by atoms with Crippen LogP contribution in [0.5, 0.6) is 5.75 Å². The van der Waals surface area contributed by atoms with Gasteiger partial charge in [-0.15, -0.1) is 0 Å². The molecule has 28 heavy (non-hydrogen) atoms. The summed E-state index contributed by atoms with van der Waals surface area (Å²) in [6.45, 7) is 4.91. The van der Waals surface area contributed by atoms with Crippen molar-refractivity contribution in [2.24, 2.45) is 0 Å². The molecule has 2 fully saturated rings. The number of carbonyl (C=O) groups is 1. The minimum atomic E-state index is -0.0793. The molecule has 0 atom stereocenters. The van der Waals surface area contributed by atoms with Crippen LogP contribution in [0.15, 0.2) is 36.4 Å². The van der Waals surface area contributed by atoms with Crippen LogP contribution in [0, 0.1) is 0 Å². The van der Waals surface area contributed by atoms with Gasteiger partial charge in [-0.05, 0) is 43.4 Å². The number of piperazine rings is 1. The molecule has 2 saturated heterocycles. The van der Waals surface area contributed by atoms with Crippen LogP contribution in [0.25, 0.3) is 0 Å². The van der Waals surface area contributed by atoms with Crippen LogP contribution in [-0.4, -0.2) is 69.3 Å². The fourth-order valence-corrected chi connectivity index (χ4v) is 3.72. The van der Waals surface area contributed by atoms with E-state index in [1.807, 2.05) is 24.3 Å². The Bertz CT molecular complexity index is 852. The first-order valence-corrected chi connectivity index (χ1v) is 9.78. The highest BCUT2D eigenvalue weighted by molar-refractivity contribution is 6.30. The van der Waals surface area contributed by atoms with Crippen molar-refractivity contribution in [3.63, 3.8) is 0 Å². The van der Waals surface area contributed by atoms with E-state index in [2.05, 4.69) is 16.8 Å². The summed E-state index contributed by atoms with van der Waals surface area (Å²) in [4.78, 5) is 25.8. The quantitative estimate of drug-likeness (QED) is 0.788. The lowest BCUT2D eigenvalue weighted by atomic mass is 10.3. The number of amides is 2. The number of methoxy groups -OCH3 is 1. The number of nitrogens with zero attached hydrogens (tertiary/aromatic N) is 5. The van der Waals surface area contributed by atoms with E-state index < -0.39 is 0 Å². The van der Waals surface area contributed by atoms with Gasteiger partial charge in [0, 0.05) is 50.0 Å². The van der Waals surface area contributed by atoms with E-state index in [-0.39, 0.29) is 6.03 Å². The minimum absolute atomic E-state index is 0.0793. The zero-order valence-corrected chi connectivity index (χ0v) is 16.9. The number of likely N-dealkylation sites (N-methyl/N-ethyl adjacent to an activating group) is 1. The fourth-order valence-electron chi connectivity index (χ4n) is 3.59. The lowest BCUT2D eigenvalue weighted by Gasteiger charge is -2.34. The molecule has 0 saturated carbocycles. The normalized spacial score (nSPS) is 18.1. The smallest absolute Gasteiger partial charge is 0.330 e. The Morgan fingerprint density at radius 3 is 2.29 bits per heavy atom. The molecule has 2 aromatic rings. The number of benzene rings is 1. The number of aromatic nitrogens is 1. The molecule has 4 rings (SSSR count). The van der Waals surface area contributed by atoms with Gasteiger partial charge in [-0.3, -0.25) is 9.80 Å². The van der Waals surface area contributed by atoms with Gasteiger partial charge in [-0.2, -0.15) is 0 Å². The van der Waals surface area contributed by atoms with Gasteiger partial charge in [0.15, 0.2) is 11.6 Å². The molecule has 2 aliphatic heterocycles. The second-order valence-electron chi connectivity index (χ2n) is 7.05. The van der Waals surface area contributed by atoms with Crippen molar-refractivity contribution in [2.45, 2.75) is 0 Å². The molecule has 2 amide bonds. The maximum atomic E-state index is 13.0. The third-order valence-corrected chi connectivity index (χ3v) is 5.52.